The fourth-order valence-electron chi connectivity index (χ4n) is 2.69. The third kappa shape index (κ3) is 2.51. The van der Waals surface area contributed by atoms with E-state index >= 15 is 0 Å². The zero-order chi connectivity index (χ0) is 13.2. The summed E-state index contributed by atoms with van der Waals surface area (Å²) < 4.78 is 7.74. The van der Waals surface area contributed by atoms with Crippen LogP contribution in [0, 0.1) is 0 Å². The highest BCUT2D eigenvalue weighted by atomic mass is 16.5. The van der Waals surface area contributed by atoms with Crippen molar-refractivity contribution in [3.63, 3.8) is 0 Å². The molecule has 4 heteroatoms. The Morgan fingerprint density at radius 1 is 1.37 bits per heavy atom. The van der Waals surface area contributed by atoms with Crippen LogP contribution in [-0.2, 0) is 18.3 Å². The molecule has 1 aliphatic rings. The fourth-order valence-corrected chi connectivity index (χ4v) is 2.69. The molecule has 1 saturated carbocycles. The number of hydrogen-bond donors (Lipinski definition) is 1. The van der Waals surface area contributed by atoms with Gasteiger partial charge in [0, 0.05) is 19.7 Å². The lowest BCUT2D eigenvalue weighted by atomic mass is 9.89. The average Bonchev–Trinajstić information content (AvgIpc) is 2.70. The number of rotatable bonds is 5. The van der Waals surface area contributed by atoms with Crippen molar-refractivity contribution in [2.75, 3.05) is 6.61 Å². The van der Waals surface area contributed by atoms with Crippen molar-refractivity contribution in [2.24, 2.45) is 7.05 Å². The molecule has 0 unspecified atom stereocenters. The predicted octanol–water partition coefficient (Wildman–Crippen LogP) is 2.23. The van der Waals surface area contributed by atoms with Crippen molar-refractivity contribution in [1.82, 2.24) is 14.9 Å². The molecule has 3 rings (SSSR count). The largest absolute Gasteiger partial charge is 0.378 e. The molecule has 0 saturated heterocycles. The second-order valence-electron chi connectivity index (χ2n) is 5.20. The summed E-state index contributed by atoms with van der Waals surface area (Å²) >= 11 is 0. The summed E-state index contributed by atoms with van der Waals surface area (Å²) in [6.07, 6.45) is 2.71. The van der Waals surface area contributed by atoms with Gasteiger partial charge < -0.3 is 14.6 Å². The zero-order valence-corrected chi connectivity index (χ0v) is 11.6. The van der Waals surface area contributed by atoms with Gasteiger partial charge in [-0.2, -0.15) is 0 Å². The van der Waals surface area contributed by atoms with Crippen LogP contribution in [0.25, 0.3) is 11.0 Å². The third-order valence-electron chi connectivity index (χ3n) is 3.93. The zero-order valence-electron chi connectivity index (χ0n) is 11.6. The van der Waals surface area contributed by atoms with Gasteiger partial charge in [-0.3, -0.25) is 0 Å². The molecule has 0 atom stereocenters. The van der Waals surface area contributed by atoms with Crippen LogP contribution in [0.1, 0.15) is 25.6 Å². The maximum absolute atomic E-state index is 5.57. The predicted molar refractivity (Wildman–Crippen MR) is 76.0 cm³/mol. The minimum absolute atomic E-state index is 0.461. The van der Waals surface area contributed by atoms with E-state index < -0.39 is 0 Å². The summed E-state index contributed by atoms with van der Waals surface area (Å²) in [5, 5.41) is 3.56. The van der Waals surface area contributed by atoms with Crippen LogP contribution in [0.2, 0.25) is 0 Å². The van der Waals surface area contributed by atoms with Crippen LogP contribution >= 0.6 is 0 Å². The Kier molecular flexibility index (Phi) is 3.53. The molecule has 1 N–H and O–H groups in total. The second-order valence-corrected chi connectivity index (χ2v) is 5.20. The van der Waals surface area contributed by atoms with E-state index in [1.54, 1.807) is 0 Å². The van der Waals surface area contributed by atoms with Crippen molar-refractivity contribution in [2.45, 2.75) is 38.5 Å². The number of nitrogens with one attached hydrogen (secondary N) is 1. The number of aryl methyl sites for hydroxylation is 1. The van der Waals surface area contributed by atoms with Crippen molar-refractivity contribution in [3.05, 3.63) is 30.1 Å². The molecule has 0 spiro atoms. The highest BCUT2D eigenvalue weighted by Crippen LogP contribution is 2.23. The maximum atomic E-state index is 5.57. The first kappa shape index (κ1) is 12.6. The van der Waals surface area contributed by atoms with Gasteiger partial charge in [0.15, 0.2) is 0 Å². The Balaban J connectivity index is 1.59. The lowest BCUT2D eigenvalue weighted by Crippen LogP contribution is -2.45. The Hall–Kier alpha value is -1.39. The van der Waals surface area contributed by atoms with E-state index in [2.05, 4.69) is 47.0 Å². The molecule has 2 aromatic rings. The second kappa shape index (κ2) is 5.31. The normalized spacial score (nSPS) is 22.6. The van der Waals surface area contributed by atoms with Crippen LogP contribution < -0.4 is 5.32 Å². The molecule has 19 heavy (non-hydrogen) atoms. The van der Waals surface area contributed by atoms with E-state index in [4.69, 9.17) is 4.74 Å². The van der Waals surface area contributed by atoms with Gasteiger partial charge >= 0.3 is 0 Å². The molecule has 4 nitrogen and oxygen atoms in total. The number of imidazole rings is 1. The molecule has 1 aliphatic carbocycles. The summed E-state index contributed by atoms with van der Waals surface area (Å²) in [7, 11) is 2.08. The van der Waals surface area contributed by atoms with Gasteiger partial charge in [-0.1, -0.05) is 12.1 Å². The first-order valence-electron chi connectivity index (χ1n) is 7.03. The summed E-state index contributed by atoms with van der Waals surface area (Å²) in [6, 6.07) is 8.84. The smallest absolute Gasteiger partial charge is 0.123 e. The molecular formula is C15H21N3O. The highest BCUT2D eigenvalue weighted by Gasteiger charge is 2.29. The fraction of sp³-hybridized carbons (Fsp3) is 0.533. The van der Waals surface area contributed by atoms with Crippen LogP contribution in [0.4, 0.5) is 0 Å². The highest BCUT2D eigenvalue weighted by molar-refractivity contribution is 5.75. The van der Waals surface area contributed by atoms with Crippen molar-refractivity contribution < 1.29 is 4.74 Å². The topological polar surface area (TPSA) is 39.1 Å². The van der Waals surface area contributed by atoms with Crippen molar-refractivity contribution in [1.29, 1.82) is 0 Å². The first-order valence-corrected chi connectivity index (χ1v) is 7.03. The van der Waals surface area contributed by atoms with Gasteiger partial charge in [-0.15, -0.1) is 0 Å². The minimum Gasteiger partial charge on any atom is -0.378 e. The van der Waals surface area contributed by atoms with Gasteiger partial charge in [0.25, 0.3) is 0 Å². The van der Waals surface area contributed by atoms with Gasteiger partial charge in [0.2, 0.25) is 0 Å². The number of nitrogens with zero attached hydrogens (tertiary/aromatic N) is 2. The van der Waals surface area contributed by atoms with E-state index in [0.717, 1.165) is 37.3 Å². The summed E-state index contributed by atoms with van der Waals surface area (Å²) in [5.41, 5.74) is 2.27. The van der Waals surface area contributed by atoms with Crippen molar-refractivity contribution in [3.8, 4) is 0 Å². The van der Waals surface area contributed by atoms with Crippen LogP contribution in [0.3, 0.4) is 0 Å². The van der Waals surface area contributed by atoms with Gasteiger partial charge in [-0.25, -0.2) is 4.98 Å². The Bertz CT molecular complexity index is 558. The summed E-state index contributed by atoms with van der Waals surface area (Å²) in [4.78, 5) is 4.67. The van der Waals surface area contributed by atoms with Crippen LogP contribution in [0.15, 0.2) is 24.3 Å². The SMILES string of the molecule is CCOC1CC(NCc2nc3ccccc3n2C)C1. The average molecular weight is 259 g/mol. The summed E-state index contributed by atoms with van der Waals surface area (Å²) in [5.74, 6) is 1.10. The number of benzene rings is 1. The van der Waals surface area contributed by atoms with Gasteiger partial charge in [-0.05, 0) is 31.9 Å². The lowest BCUT2D eigenvalue weighted by Gasteiger charge is -2.35. The third-order valence-corrected chi connectivity index (χ3v) is 3.93. The monoisotopic (exact) mass is 259 g/mol. The summed E-state index contributed by atoms with van der Waals surface area (Å²) in [6.45, 7) is 3.71. The van der Waals surface area contributed by atoms with E-state index in [9.17, 15) is 0 Å². The Morgan fingerprint density at radius 2 is 2.16 bits per heavy atom. The Labute approximate surface area is 113 Å². The molecule has 1 aromatic carbocycles. The van der Waals surface area contributed by atoms with Crippen molar-refractivity contribution >= 4 is 11.0 Å². The van der Waals surface area contributed by atoms with Gasteiger partial charge in [0.1, 0.15) is 5.82 Å². The maximum Gasteiger partial charge on any atom is 0.123 e. The van der Waals surface area contributed by atoms with Crippen LogP contribution in [-0.4, -0.2) is 28.3 Å². The lowest BCUT2D eigenvalue weighted by molar-refractivity contribution is -0.0104. The molecule has 102 valence electrons. The van der Waals surface area contributed by atoms with E-state index in [1.165, 1.54) is 5.52 Å². The molecule has 0 radical (unpaired) electrons. The number of para-hydroxylation sites is 2. The Morgan fingerprint density at radius 3 is 2.89 bits per heavy atom. The number of fused-ring (bicyclic) bond motifs is 1. The molecule has 1 aromatic heterocycles. The molecule has 0 bridgehead atoms. The molecule has 0 amide bonds. The molecular weight excluding hydrogens is 238 g/mol. The first-order chi connectivity index (χ1) is 9.28. The number of hydrogen-bond acceptors (Lipinski definition) is 3. The van der Waals surface area contributed by atoms with Gasteiger partial charge in [0.05, 0.1) is 23.7 Å². The van der Waals surface area contributed by atoms with E-state index in [-0.39, 0.29) is 0 Å². The quantitative estimate of drug-likeness (QED) is 0.895. The number of ether oxygens (including phenoxy) is 1. The standard InChI is InChI=1S/C15H21N3O/c1-3-19-12-8-11(9-12)16-10-15-17-13-6-4-5-7-14(13)18(15)2/h4-7,11-12,16H,3,8-10H2,1-2H3. The molecule has 1 fully saturated rings. The van der Waals surface area contributed by atoms with E-state index in [1.807, 2.05) is 6.07 Å². The molecule has 1 heterocycles. The molecule has 0 aliphatic heterocycles. The van der Waals surface area contributed by atoms with Crippen LogP contribution in [0.5, 0.6) is 0 Å². The number of aromatic nitrogens is 2. The van der Waals surface area contributed by atoms with E-state index in [0.29, 0.717) is 12.1 Å². The minimum atomic E-state index is 0.461.